The summed E-state index contributed by atoms with van der Waals surface area (Å²) in [7, 11) is 0. The Balaban J connectivity index is 1.97. The summed E-state index contributed by atoms with van der Waals surface area (Å²) in [5, 5.41) is 14.9. The number of carbonyl (C=O) groups excluding carboxylic acids is 1. The third-order valence-corrected chi connectivity index (χ3v) is 3.88. The van der Waals surface area contributed by atoms with E-state index >= 15 is 0 Å². The predicted octanol–water partition coefficient (Wildman–Crippen LogP) is 4.17. The molecule has 7 nitrogen and oxygen atoms in total. The van der Waals surface area contributed by atoms with E-state index in [-0.39, 0.29) is 11.6 Å². The molecule has 0 aliphatic heterocycles. The third-order valence-electron chi connectivity index (χ3n) is 3.88. The molecule has 7 heteroatoms. The first-order valence-corrected chi connectivity index (χ1v) is 8.69. The Labute approximate surface area is 158 Å². The summed E-state index contributed by atoms with van der Waals surface area (Å²) in [5.41, 5.74) is 3.92. The van der Waals surface area contributed by atoms with Gasteiger partial charge in [-0.15, -0.1) is 0 Å². The molecule has 27 heavy (non-hydrogen) atoms. The average molecular weight is 369 g/mol. The van der Waals surface area contributed by atoms with Gasteiger partial charge in [0.05, 0.1) is 17.2 Å². The highest BCUT2D eigenvalue weighted by Gasteiger charge is 2.09. The monoisotopic (exact) mass is 369 g/mol. The number of ether oxygens (including phenoxy) is 1. The van der Waals surface area contributed by atoms with Gasteiger partial charge in [0.15, 0.2) is 0 Å². The summed E-state index contributed by atoms with van der Waals surface area (Å²) in [6.45, 7) is 6.57. The number of nitrogens with one attached hydrogen (secondary N) is 1. The maximum absolute atomic E-state index is 12.2. The van der Waals surface area contributed by atoms with E-state index in [0.29, 0.717) is 35.1 Å². The second-order valence-electron chi connectivity index (χ2n) is 6.50. The minimum Gasteiger partial charge on any atom is -0.494 e. The first kappa shape index (κ1) is 20.1. The summed E-state index contributed by atoms with van der Waals surface area (Å²) in [6, 6.07) is 12.9. The minimum atomic E-state index is -0.472. The van der Waals surface area contributed by atoms with Crippen molar-refractivity contribution >= 4 is 17.3 Å². The van der Waals surface area contributed by atoms with Gasteiger partial charge in [0.25, 0.3) is 11.6 Å². The van der Waals surface area contributed by atoms with Crippen molar-refractivity contribution in [1.29, 1.82) is 0 Å². The molecule has 142 valence electrons. The topological polar surface area (TPSA) is 93.8 Å². The lowest BCUT2D eigenvalue weighted by molar-refractivity contribution is -0.384. The van der Waals surface area contributed by atoms with Crippen LogP contribution in [-0.2, 0) is 0 Å². The molecule has 0 aliphatic carbocycles. The van der Waals surface area contributed by atoms with Gasteiger partial charge in [-0.2, -0.15) is 5.10 Å². The Morgan fingerprint density at radius 3 is 2.52 bits per heavy atom. The largest absolute Gasteiger partial charge is 0.494 e. The molecule has 0 aromatic heterocycles. The highest BCUT2D eigenvalue weighted by atomic mass is 16.6. The molecule has 0 fully saturated rings. The molecule has 1 N–H and O–H groups in total. The van der Waals surface area contributed by atoms with Crippen molar-refractivity contribution in [2.45, 2.75) is 27.2 Å². The van der Waals surface area contributed by atoms with Crippen LogP contribution in [0.5, 0.6) is 5.75 Å². The molecule has 0 saturated carbocycles. The van der Waals surface area contributed by atoms with Crippen molar-refractivity contribution in [3.63, 3.8) is 0 Å². The molecule has 2 aromatic carbocycles. The highest BCUT2D eigenvalue weighted by molar-refractivity contribution is 6.01. The number of benzene rings is 2. The normalized spacial score (nSPS) is 11.3. The number of hydrogen-bond donors (Lipinski definition) is 1. The number of nitro groups is 1. The quantitative estimate of drug-likeness (QED) is 0.429. The van der Waals surface area contributed by atoms with Gasteiger partial charge in [0.1, 0.15) is 5.75 Å². The van der Waals surface area contributed by atoms with Crippen molar-refractivity contribution in [2.75, 3.05) is 6.61 Å². The number of nitrogens with zero attached hydrogens (tertiary/aromatic N) is 2. The smallest absolute Gasteiger partial charge is 0.271 e. The maximum Gasteiger partial charge on any atom is 0.271 e. The molecule has 0 spiro atoms. The van der Waals surface area contributed by atoms with E-state index in [1.807, 2.05) is 0 Å². The van der Waals surface area contributed by atoms with Crippen LogP contribution in [0, 0.1) is 16.0 Å². The van der Waals surface area contributed by atoms with Gasteiger partial charge in [-0.3, -0.25) is 14.9 Å². The van der Waals surface area contributed by atoms with Crippen LogP contribution in [0.3, 0.4) is 0 Å². The molecular weight excluding hydrogens is 346 g/mol. The Hall–Kier alpha value is -3.22. The fraction of sp³-hybridized carbons (Fsp3) is 0.300. The molecule has 2 aromatic rings. The molecule has 2 rings (SSSR count). The van der Waals surface area contributed by atoms with Gasteiger partial charge in [-0.05, 0) is 43.5 Å². The summed E-state index contributed by atoms with van der Waals surface area (Å²) in [6.07, 6.45) is 0.966. The number of carbonyl (C=O) groups is 1. The lowest BCUT2D eigenvalue weighted by Crippen LogP contribution is -2.19. The summed E-state index contributed by atoms with van der Waals surface area (Å²) in [5.74, 6) is 0.916. The Kier molecular flexibility index (Phi) is 7.05. The van der Waals surface area contributed by atoms with Gasteiger partial charge >= 0.3 is 0 Å². The molecule has 0 heterocycles. The standard InChI is InChI=1S/C20H23N3O4/c1-14(2)11-12-27-19-9-7-16(8-10-19)20(24)22-21-15(3)17-5-4-6-18(13-17)23(25)26/h4-10,13-14H,11-12H2,1-3H3,(H,22,24). The van der Waals surface area contributed by atoms with Crippen molar-refractivity contribution < 1.29 is 14.5 Å². The summed E-state index contributed by atoms with van der Waals surface area (Å²) in [4.78, 5) is 22.6. The van der Waals surface area contributed by atoms with Crippen LogP contribution in [-0.4, -0.2) is 23.1 Å². The van der Waals surface area contributed by atoms with E-state index < -0.39 is 4.92 Å². The Bertz CT molecular complexity index is 829. The van der Waals surface area contributed by atoms with E-state index in [4.69, 9.17) is 4.74 Å². The number of nitro benzene ring substituents is 1. The fourth-order valence-electron chi connectivity index (χ4n) is 2.22. The highest BCUT2D eigenvalue weighted by Crippen LogP contribution is 2.15. The van der Waals surface area contributed by atoms with Crippen LogP contribution in [0.25, 0.3) is 0 Å². The third kappa shape index (κ3) is 6.22. The minimum absolute atomic E-state index is 0.0265. The van der Waals surface area contributed by atoms with Crippen molar-refractivity contribution in [3.05, 3.63) is 69.8 Å². The van der Waals surface area contributed by atoms with E-state index in [1.54, 1.807) is 43.3 Å². The van der Waals surface area contributed by atoms with E-state index in [0.717, 1.165) is 6.42 Å². The first-order chi connectivity index (χ1) is 12.9. The Morgan fingerprint density at radius 2 is 1.89 bits per heavy atom. The summed E-state index contributed by atoms with van der Waals surface area (Å²) < 4.78 is 5.62. The van der Waals surface area contributed by atoms with Gasteiger partial charge in [0.2, 0.25) is 0 Å². The molecule has 0 radical (unpaired) electrons. The number of rotatable bonds is 8. The number of non-ortho nitro benzene ring substituents is 1. The van der Waals surface area contributed by atoms with Gasteiger partial charge in [-0.1, -0.05) is 26.0 Å². The molecule has 0 unspecified atom stereocenters. The van der Waals surface area contributed by atoms with E-state index in [9.17, 15) is 14.9 Å². The van der Waals surface area contributed by atoms with Crippen molar-refractivity contribution in [1.82, 2.24) is 5.43 Å². The molecule has 1 amide bonds. The molecule has 0 atom stereocenters. The molecule has 0 aliphatic rings. The van der Waals surface area contributed by atoms with Gasteiger partial charge in [-0.25, -0.2) is 5.43 Å². The van der Waals surface area contributed by atoms with Crippen LogP contribution in [0.4, 0.5) is 5.69 Å². The van der Waals surface area contributed by atoms with Crippen LogP contribution < -0.4 is 10.2 Å². The lowest BCUT2D eigenvalue weighted by atomic mass is 10.1. The molecule has 0 saturated heterocycles. The van der Waals surface area contributed by atoms with Crippen LogP contribution in [0.2, 0.25) is 0 Å². The van der Waals surface area contributed by atoms with Crippen LogP contribution >= 0.6 is 0 Å². The van der Waals surface area contributed by atoms with Gasteiger partial charge in [0, 0.05) is 23.3 Å². The van der Waals surface area contributed by atoms with Crippen molar-refractivity contribution in [3.8, 4) is 5.75 Å². The predicted molar refractivity (Wildman–Crippen MR) is 104 cm³/mol. The Morgan fingerprint density at radius 1 is 1.19 bits per heavy atom. The van der Waals surface area contributed by atoms with E-state index in [2.05, 4.69) is 24.4 Å². The van der Waals surface area contributed by atoms with Crippen LogP contribution in [0.15, 0.2) is 53.6 Å². The molecular formula is C20H23N3O4. The van der Waals surface area contributed by atoms with Crippen LogP contribution in [0.1, 0.15) is 43.1 Å². The second kappa shape index (κ2) is 9.47. The first-order valence-electron chi connectivity index (χ1n) is 8.69. The van der Waals surface area contributed by atoms with Crippen molar-refractivity contribution in [2.24, 2.45) is 11.0 Å². The van der Waals surface area contributed by atoms with Gasteiger partial charge < -0.3 is 4.74 Å². The number of hydrazone groups is 1. The number of amides is 1. The average Bonchev–Trinajstić information content (AvgIpc) is 2.66. The second-order valence-corrected chi connectivity index (χ2v) is 6.50. The van der Waals surface area contributed by atoms with E-state index in [1.165, 1.54) is 12.1 Å². The molecule has 0 bridgehead atoms. The summed E-state index contributed by atoms with van der Waals surface area (Å²) >= 11 is 0. The zero-order valence-corrected chi connectivity index (χ0v) is 15.6. The SMILES string of the molecule is CC(=NNC(=O)c1ccc(OCCC(C)C)cc1)c1cccc([N+](=O)[O-])c1. The maximum atomic E-state index is 12.2. The fourth-order valence-corrected chi connectivity index (χ4v) is 2.22. The number of hydrogen-bond acceptors (Lipinski definition) is 5. The zero-order chi connectivity index (χ0) is 19.8. The lowest BCUT2D eigenvalue weighted by Gasteiger charge is -2.08. The zero-order valence-electron chi connectivity index (χ0n) is 15.6.